The third-order valence-corrected chi connectivity index (χ3v) is 5.52. The monoisotopic (exact) mass is 426 g/mol. The minimum atomic E-state index is -0.336. The Balaban J connectivity index is 1.38. The van der Waals surface area contributed by atoms with Crippen molar-refractivity contribution in [1.82, 2.24) is 19.4 Å². The Morgan fingerprint density at radius 2 is 1.93 bits per heavy atom. The molecule has 0 saturated carbocycles. The van der Waals surface area contributed by atoms with Crippen LogP contribution in [0.5, 0.6) is 11.6 Å². The standard InChI is InChI=1S/C22H23ClN4O3/c1-15-13-27(22(29)25-21(15)28)18-8-10-26(11-9-18)14-17-5-3-7-20(24-17)30-19-6-2-4-16(23)12-19/h2-7,12-13,18H,8-11,14H2,1H3,(H,25,28,29). The van der Waals surface area contributed by atoms with E-state index in [9.17, 15) is 9.59 Å². The van der Waals surface area contributed by atoms with Crippen molar-refractivity contribution < 1.29 is 4.74 Å². The van der Waals surface area contributed by atoms with Gasteiger partial charge in [-0.05, 0) is 44.0 Å². The van der Waals surface area contributed by atoms with Gasteiger partial charge in [-0.25, -0.2) is 9.78 Å². The van der Waals surface area contributed by atoms with Crippen LogP contribution in [-0.2, 0) is 6.54 Å². The minimum Gasteiger partial charge on any atom is -0.439 e. The number of aromatic amines is 1. The first kappa shape index (κ1) is 20.4. The minimum absolute atomic E-state index is 0.0924. The Bertz CT molecular complexity index is 1150. The maximum absolute atomic E-state index is 12.1. The van der Waals surface area contributed by atoms with Crippen molar-refractivity contribution in [3.8, 4) is 11.6 Å². The largest absolute Gasteiger partial charge is 0.439 e. The number of H-pyrrole nitrogens is 1. The quantitative estimate of drug-likeness (QED) is 0.675. The molecule has 1 aromatic carbocycles. The van der Waals surface area contributed by atoms with Gasteiger partial charge in [-0.3, -0.25) is 19.2 Å². The number of piperidine rings is 1. The Hall–Kier alpha value is -2.90. The molecule has 1 N–H and O–H groups in total. The van der Waals surface area contributed by atoms with E-state index in [0.29, 0.717) is 28.8 Å². The predicted octanol–water partition coefficient (Wildman–Crippen LogP) is 3.52. The lowest BCUT2D eigenvalue weighted by Crippen LogP contribution is -2.39. The highest BCUT2D eigenvalue weighted by molar-refractivity contribution is 6.30. The summed E-state index contributed by atoms with van der Waals surface area (Å²) in [6.07, 6.45) is 3.34. The van der Waals surface area contributed by atoms with Gasteiger partial charge in [0.1, 0.15) is 5.75 Å². The summed E-state index contributed by atoms with van der Waals surface area (Å²) in [5.41, 5.74) is 0.819. The molecule has 1 fully saturated rings. The number of aryl methyl sites for hydroxylation is 1. The van der Waals surface area contributed by atoms with Gasteiger partial charge in [0.15, 0.2) is 0 Å². The fraction of sp³-hybridized carbons (Fsp3) is 0.318. The molecular formula is C22H23ClN4O3. The van der Waals surface area contributed by atoms with E-state index in [4.69, 9.17) is 16.3 Å². The van der Waals surface area contributed by atoms with E-state index >= 15 is 0 Å². The zero-order valence-electron chi connectivity index (χ0n) is 16.7. The number of benzene rings is 1. The molecule has 0 amide bonds. The predicted molar refractivity (Wildman–Crippen MR) is 115 cm³/mol. The van der Waals surface area contributed by atoms with Crippen LogP contribution >= 0.6 is 11.6 Å². The number of hydrogen-bond acceptors (Lipinski definition) is 5. The number of hydrogen-bond donors (Lipinski definition) is 1. The van der Waals surface area contributed by atoms with E-state index in [0.717, 1.165) is 31.6 Å². The SMILES string of the molecule is Cc1cn(C2CCN(Cc3cccc(Oc4cccc(Cl)c4)n3)CC2)c(=O)[nH]c1=O. The van der Waals surface area contributed by atoms with Crippen LogP contribution in [0.1, 0.15) is 30.1 Å². The van der Waals surface area contributed by atoms with E-state index in [2.05, 4.69) is 14.9 Å². The van der Waals surface area contributed by atoms with Crippen LogP contribution in [0.4, 0.5) is 0 Å². The fourth-order valence-corrected chi connectivity index (χ4v) is 3.88. The molecule has 0 unspecified atom stereocenters. The summed E-state index contributed by atoms with van der Waals surface area (Å²) in [7, 11) is 0. The zero-order valence-corrected chi connectivity index (χ0v) is 17.4. The van der Waals surface area contributed by atoms with Crippen LogP contribution in [0.15, 0.2) is 58.3 Å². The first-order chi connectivity index (χ1) is 14.5. The topological polar surface area (TPSA) is 80.2 Å². The summed E-state index contributed by atoms with van der Waals surface area (Å²) in [5.74, 6) is 1.18. The molecule has 2 aromatic heterocycles. The molecule has 1 aliphatic heterocycles. The summed E-state index contributed by atoms with van der Waals surface area (Å²) >= 11 is 6.01. The molecule has 3 heterocycles. The van der Waals surface area contributed by atoms with Crippen molar-refractivity contribution in [2.45, 2.75) is 32.4 Å². The lowest BCUT2D eigenvalue weighted by atomic mass is 10.0. The Morgan fingerprint density at radius 1 is 1.17 bits per heavy atom. The van der Waals surface area contributed by atoms with Crippen molar-refractivity contribution in [2.24, 2.45) is 0 Å². The molecule has 30 heavy (non-hydrogen) atoms. The van der Waals surface area contributed by atoms with Gasteiger partial charge in [0.25, 0.3) is 5.56 Å². The fourth-order valence-electron chi connectivity index (χ4n) is 3.70. The average Bonchev–Trinajstić information content (AvgIpc) is 2.72. The van der Waals surface area contributed by atoms with Crippen LogP contribution in [0.3, 0.4) is 0 Å². The number of likely N-dealkylation sites (tertiary alicyclic amines) is 1. The van der Waals surface area contributed by atoms with Crippen LogP contribution in [0.2, 0.25) is 5.02 Å². The van der Waals surface area contributed by atoms with E-state index in [1.807, 2.05) is 30.3 Å². The molecular weight excluding hydrogens is 404 g/mol. The van der Waals surface area contributed by atoms with E-state index in [1.54, 1.807) is 29.8 Å². The number of aromatic nitrogens is 3. The number of nitrogens with one attached hydrogen (secondary N) is 1. The molecule has 0 atom stereocenters. The molecule has 0 radical (unpaired) electrons. The first-order valence-corrected chi connectivity index (χ1v) is 10.3. The maximum Gasteiger partial charge on any atom is 0.328 e. The van der Waals surface area contributed by atoms with Crippen molar-refractivity contribution >= 4 is 11.6 Å². The van der Waals surface area contributed by atoms with Crippen LogP contribution in [0, 0.1) is 6.92 Å². The van der Waals surface area contributed by atoms with Gasteiger partial charge in [-0.15, -0.1) is 0 Å². The Labute approximate surface area is 178 Å². The number of pyridine rings is 1. The smallest absolute Gasteiger partial charge is 0.328 e. The third kappa shape index (κ3) is 4.80. The molecule has 1 aliphatic rings. The maximum atomic E-state index is 12.1. The van der Waals surface area contributed by atoms with Crippen LogP contribution < -0.4 is 16.0 Å². The highest BCUT2D eigenvalue weighted by Gasteiger charge is 2.22. The molecule has 156 valence electrons. The van der Waals surface area contributed by atoms with Gasteiger partial charge in [0, 0.05) is 48.5 Å². The molecule has 8 heteroatoms. The molecule has 7 nitrogen and oxygen atoms in total. The van der Waals surface area contributed by atoms with E-state index in [1.165, 1.54) is 0 Å². The number of rotatable bonds is 5. The molecule has 3 aromatic rings. The molecule has 0 spiro atoms. The summed E-state index contributed by atoms with van der Waals surface area (Å²) < 4.78 is 7.48. The van der Waals surface area contributed by atoms with Gasteiger partial charge in [-0.2, -0.15) is 0 Å². The first-order valence-electron chi connectivity index (χ1n) is 9.92. The molecule has 4 rings (SSSR count). The van der Waals surface area contributed by atoms with Crippen molar-refractivity contribution in [3.05, 3.63) is 85.8 Å². The van der Waals surface area contributed by atoms with Crippen LogP contribution in [0.25, 0.3) is 0 Å². The van der Waals surface area contributed by atoms with E-state index < -0.39 is 0 Å². The van der Waals surface area contributed by atoms with E-state index in [-0.39, 0.29) is 17.3 Å². The summed E-state index contributed by atoms with van der Waals surface area (Å²) in [6, 6.07) is 13.0. The second-order valence-electron chi connectivity index (χ2n) is 7.51. The Morgan fingerprint density at radius 3 is 2.70 bits per heavy atom. The van der Waals surface area contributed by atoms with Crippen molar-refractivity contribution in [3.63, 3.8) is 0 Å². The molecule has 1 saturated heterocycles. The molecule has 0 bridgehead atoms. The summed E-state index contributed by atoms with van der Waals surface area (Å²) in [5, 5.41) is 0.614. The second-order valence-corrected chi connectivity index (χ2v) is 7.95. The summed E-state index contributed by atoms with van der Waals surface area (Å²) in [6.45, 7) is 4.11. The van der Waals surface area contributed by atoms with Crippen molar-refractivity contribution in [2.75, 3.05) is 13.1 Å². The average molecular weight is 427 g/mol. The number of ether oxygens (including phenoxy) is 1. The highest BCUT2D eigenvalue weighted by atomic mass is 35.5. The third-order valence-electron chi connectivity index (χ3n) is 5.28. The molecule has 0 aliphatic carbocycles. The Kier molecular flexibility index (Phi) is 6.01. The lowest BCUT2D eigenvalue weighted by Gasteiger charge is -2.32. The van der Waals surface area contributed by atoms with Crippen LogP contribution in [-0.4, -0.2) is 32.5 Å². The normalized spacial score (nSPS) is 15.3. The lowest BCUT2D eigenvalue weighted by molar-refractivity contribution is 0.175. The zero-order chi connectivity index (χ0) is 21.1. The highest BCUT2D eigenvalue weighted by Crippen LogP contribution is 2.24. The summed E-state index contributed by atoms with van der Waals surface area (Å²) in [4.78, 5) is 33.0. The van der Waals surface area contributed by atoms with Gasteiger partial charge in [0.2, 0.25) is 5.88 Å². The second kappa shape index (κ2) is 8.85. The number of halogens is 1. The number of nitrogens with zero attached hydrogens (tertiary/aromatic N) is 3. The van der Waals surface area contributed by atoms with Gasteiger partial charge in [0.05, 0.1) is 5.69 Å². The van der Waals surface area contributed by atoms with Gasteiger partial charge >= 0.3 is 5.69 Å². The van der Waals surface area contributed by atoms with Gasteiger partial charge in [-0.1, -0.05) is 23.7 Å². The van der Waals surface area contributed by atoms with Crippen molar-refractivity contribution in [1.29, 1.82) is 0 Å². The van der Waals surface area contributed by atoms with Gasteiger partial charge < -0.3 is 4.74 Å².